The monoisotopic (exact) mass is 396 g/mol. The van der Waals surface area contributed by atoms with Crippen LogP contribution < -0.4 is 5.56 Å². The minimum atomic E-state index is -0.410. The molecule has 6 heteroatoms. The van der Waals surface area contributed by atoms with Crippen molar-refractivity contribution in [1.82, 2.24) is 9.55 Å². The lowest BCUT2D eigenvalue weighted by atomic mass is 9.73. The molecule has 1 N–H and O–H groups in total. The van der Waals surface area contributed by atoms with E-state index in [2.05, 4.69) is 32.7 Å². The quantitative estimate of drug-likeness (QED) is 0.324. The number of esters is 1. The number of rotatable bonds is 11. The number of unbranched alkanes of at least 4 members (excludes halogenated alkanes) is 3. The summed E-state index contributed by atoms with van der Waals surface area (Å²) in [6.45, 7) is 13.7. The lowest BCUT2D eigenvalue weighted by Crippen LogP contribution is -2.36. The number of nitrogens with zero attached hydrogens (tertiary/aromatic N) is 1. The zero-order valence-electron chi connectivity index (χ0n) is 17.8. The van der Waals surface area contributed by atoms with Gasteiger partial charge in [0.2, 0.25) is 0 Å². The summed E-state index contributed by atoms with van der Waals surface area (Å²) in [6.07, 6.45) is 4.74. The van der Waals surface area contributed by atoms with Crippen molar-refractivity contribution in [3.63, 3.8) is 0 Å². The van der Waals surface area contributed by atoms with Crippen LogP contribution in [0, 0.1) is 28.9 Å². The number of carbonyl (C=O) groups is 1. The van der Waals surface area contributed by atoms with Crippen molar-refractivity contribution >= 4 is 18.2 Å². The number of nitrogens with one attached hydrogen (secondary N) is 1. The first-order chi connectivity index (χ1) is 12.6. The number of carbonyl (C=O) groups excluding carboxylic acids is 1. The molecule has 5 nitrogen and oxygen atoms in total. The second kappa shape index (κ2) is 10.8. The molecule has 1 unspecified atom stereocenters. The summed E-state index contributed by atoms with van der Waals surface area (Å²) in [4.78, 5) is 26.6. The van der Waals surface area contributed by atoms with Crippen LogP contribution in [0.15, 0.2) is 10.9 Å². The molecule has 0 saturated heterocycles. The number of hydrogen-bond acceptors (Lipinski definition) is 4. The molecule has 0 saturated carbocycles. The standard InChI is InChI=1S/C21H36N2O3S/c1-15(2)14-21(6,16(3)4)19(25)26-12-10-8-7-9-11-23-17(5)13-18(24)22-20(23)27/h13,15-16H,7-12,14H2,1-6H3,(H,22,24,27). The van der Waals surface area contributed by atoms with E-state index >= 15 is 0 Å². The van der Waals surface area contributed by atoms with Gasteiger partial charge in [-0.15, -0.1) is 0 Å². The Labute approximate surface area is 168 Å². The molecule has 1 heterocycles. The zero-order chi connectivity index (χ0) is 20.6. The molecule has 0 aromatic carbocycles. The lowest BCUT2D eigenvalue weighted by molar-refractivity contribution is -0.159. The van der Waals surface area contributed by atoms with Crippen LogP contribution in [0.5, 0.6) is 0 Å². The fourth-order valence-corrected chi connectivity index (χ4v) is 3.71. The summed E-state index contributed by atoms with van der Waals surface area (Å²) in [5.41, 5.74) is 0.323. The third-order valence-electron chi connectivity index (χ3n) is 5.32. The summed E-state index contributed by atoms with van der Waals surface area (Å²) >= 11 is 5.21. The van der Waals surface area contributed by atoms with E-state index in [1.165, 1.54) is 0 Å². The Morgan fingerprint density at radius 2 is 1.85 bits per heavy atom. The second-order valence-electron chi connectivity index (χ2n) is 8.45. The maximum atomic E-state index is 12.6. The average molecular weight is 397 g/mol. The highest BCUT2D eigenvalue weighted by Gasteiger charge is 2.38. The topological polar surface area (TPSA) is 64.1 Å². The van der Waals surface area contributed by atoms with Gasteiger partial charge in [-0.2, -0.15) is 0 Å². The number of aromatic amines is 1. The molecule has 0 radical (unpaired) electrons. The van der Waals surface area contributed by atoms with Crippen LogP contribution in [0.25, 0.3) is 0 Å². The second-order valence-corrected chi connectivity index (χ2v) is 8.84. The Balaban J connectivity index is 2.34. The van der Waals surface area contributed by atoms with Gasteiger partial charge >= 0.3 is 5.97 Å². The summed E-state index contributed by atoms with van der Waals surface area (Å²) in [7, 11) is 0. The van der Waals surface area contributed by atoms with Gasteiger partial charge in [0.15, 0.2) is 4.77 Å². The molecule has 0 aliphatic heterocycles. The van der Waals surface area contributed by atoms with Crippen molar-refractivity contribution in [3.05, 3.63) is 26.9 Å². The number of ether oxygens (including phenoxy) is 1. The maximum absolute atomic E-state index is 12.6. The van der Waals surface area contributed by atoms with Crippen molar-refractivity contribution in [2.75, 3.05) is 6.61 Å². The Kier molecular flexibility index (Phi) is 9.43. The van der Waals surface area contributed by atoms with E-state index < -0.39 is 5.41 Å². The van der Waals surface area contributed by atoms with E-state index in [9.17, 15) is 9.59 Å². The summed E-state index contributed by atoms with van der Waals surface area (Å²) < 4.78 is 8.02. The van der Waals surface area contributed by atoms with E-state index in [0.29, 0.717) is 17.3 Å². The maximum Gasteiger partial charge on any atom is 0.312 e. The molecule has 0 aliphatic carbocycles. The SMILES string of the molecule is Cc1cc(=O)[nH]c(=S)n1CCCCCCOC(=O)C(C)(CC(C)C)C(C)C. The Morgan fingerprint density at radius 3 is 2.41 bits per heavy atom. The summed E-state index contributed by atoms with van der Waals surface area (Å²) in [6, 6.07) is 1.57. The van der Waals surface area contributed by atoms with E-state index in [1.807, 2.05) is 18.4 Å². The summed E-state index contributed by atoms with van der Waals surface area (Å²) in [5.74, 6) is 0.659. The van der Waals surface area contributed by atoms with E-state index in [-0.39, 0.29) is 17.4 Å². The molecule has 1 aromatic heterocycles. The van der Waals surface area contributed by atoms with Crippen molar-refractivity contribution in [2.24, 2.45) is 17.3 Å². The molecule has 0 amide bonds. The third kappa shape index (κ3) is 7.24. The van der Waals surface area contributed by atoms with Gasteiger partial charge in [0.25, 0.3) is 5.56 Å². The van der Waals surface area contributed by atoms with Gasteiger partial charge in [-0.3, -0.25) is 14.6 Å². The lowest BCUT2D eigenvalue weighted by Gasteiger charge is -2.32. The van der Waals surface area contributed by atoms with Crippen molar-refractivity contribution in [1.29, 1.82) is 0 Å². The predicted octanol–water partition coefficient (Wildman–Crippen LogP) is 5.03. The van der Waals surface area contributed by atoms with E-state index in [0.717, 1.165) is 44.3 Å². The molecular formula is C21H36N2O3S. The number of H-pyrrole nitrogens is 1. The van der Waals surface area contributed by atoms with E-state index in [4.69, 9.17) is 17.0 Å². The zero-order valence-corrected chi connectivity index (χ0v) is 18.6. The molecule has 0 bridgehead atoms. The van der Waals surface area contributed by atoms with Gasteiger partial charge in [0.05, 0.1) is 12.0 Å². The minimum Gasteiger partial charge on any atom is -0.465 e. The first kappa shape index (κ1) is 23.6. The van der Waals surface area contributed by atoms with Crippen molar-refractivity contribution in [2.45, 2.75) is 80.2 Å². The van der Waals surface area contributed by atoms with E-state index in [1.54, 1.807) is 6.07 Å². The Bertz CT molecular complexity index is 721. The normalized spacial score (nSPS) is 13.8. The first-order valence-corrected chi connectivity index (χ1v) is 10.5. The van der Waals surface area contributed by atoms with Gasteiger partial charge in [-0.25, -0.2) is 0 Å². The van der Waals surface area contributed by atoms with Gasteiger partial charge in [0.1, 0.15) is 0 Å². The van der Waals surface area contributed by atoms with Crippen LogP contribution in [0.3, 0.4) is 0 Å². The minimum absolute atomic E-state index is 0.0682. The van der Waals surface area contributed by atoms with Gasteiger partial charge in [-0.1, -0.05) is 34.1 Å². The van der Waals surface area contributed by atoms with Gasteiger partial charge in [-0.05, 0) is 63.6 Å². The highest BCUT2D eigenvalue weighted by molar-refractivity contribution is 7.71. The highest BCUT2D eigenvalue weighted by Crippen LogP contribution is 2.35. The van der Waals surface area contributed by atoms with Gasteiger partial charge < -0.3 is 9.30 Å². The molecule has 1 rings (SSSR count). The highest BCUT2D eigenvalue weighted by atomic mass is 32.1. The van der Waals surface area contributed by atoms with Crippen molar-refractivity contribution < 1.29 is 9.53 Å². The van der Waals surface area contributed by atoms with Crippen molar-refractivity contribution in [3.8, 4) is 0 Å². The first-order valence-electron chi connectivity index (χ1n) is 10.1. The fraction of sp³-hybridized carbons (Fsp3) is 0.762. The smallest absolute Gasteiger partial charge is 0.312 e. The molecule has 0 spiro atoms. The summed E-state index contributed by atoms with van der Waals surface area (Å²) in [5, 5.41) is 0. The molecule has 1 atom stereocenters. The average Bonchev–Trinajstić information content (AvgIpc) is 2.54. The Hall–Kier alpha value is -1.43. The fourth-order valence-electron chi connectivity index (χ4n) is 3.37. The van der Waals surface area contributed by atoms with Crippen LogP contribution in [0.2, 0.25) is 0 Å². The number of aryl methyl sites for hydroxylation is 1. The van der Waals surface area contributed by atoms with Crippen LogP contribution in [-0.4, -0.2) is 22.1 Å². The molecular weight excluding hydrogens is 360 g/mol. The molecule has 154 valence electrons. The predicted molar refractivity (Wildman–Crippen MR) is 112 cm³/mol. The van der Waals surface area contributed by atoms with Gasteiger partial charge in [0, 0.05) is 18.3 Å². The number of aromatic nitrogens is 2. The van der Waals surface area contributed by atoms with Crippen LogP contribution >= 0.6 is 12.2 Å². The third-order valence-corrected chi connectivity index (χ3v) is 5.65. The molecule has 1 aromatic rings. The largest absolute Gasteiger partial charge is 0.465 e. The number of hydrogen-bond donors (Lipinski definition) is 1. The molecule has 0 fully saturated rings. The van der Waals surface area contributed by atoms with Crippen LogP contribution in [0.1, 0.15) is 72.4 Å². The van der Waals surface area contributed by atoms with Crippen LogP contribution in [-0.2, 0) is 16.1 Å². The Morgan fingerprint density at radius 1 is 1.22 bits per heavy atom. The molecule has 27 heavy (non-hydrogen) atoms. The van der Waals surface area contributed by atoms with Crippen LogP contribution in [0.4, 0.5) is 0 Å². The molecule has 0 aliphatic rings.